The third-order valence-corrected chi connectivity index (χ3v) is 2.34. The molecule has 0 atom stereocenters. The number of benzene rings is 1. The van der Waals surface area contributed by atoms with Gasteiger partial charge < -0.3 is 9.84 Å². The second-order valence-corrected chi connectivity index (χ2v) is 3.85. The molecule has 2 rings (SSSR count). The number of aryl methyl sites for hydroxylation is 1. The predicted molar refractivity (Wildman–Crippen MR) is 63.1 cm³/mol. The molecule has 0 saturated carbocycles. The fourth-order valence-corrected chi connectivity index (χ4v) is 1.57. The summed E-state index contributed by atoms with van der Waals surface area (Å²) in [5.41, 5.74) is 1.34. The zero-order valence-electron chi connectivity index (χ0n) is 9.91. The summed E-state index contributed by atoms with van der Waals surface area (Å²) < 4.78 is 7.14. The van der Waals surface area contributed by atoms with Gasteiger partial charge in [0.2, 0.25) is 0 Å². The van der Waals surface area contributed by atoms with Crippen molar-refractivity contribution in [2.24, 2.45) is 7.05 Å². The Bertz CT molecular complexity index is 551. The maximum atomic E-state index is 10.7. The van der Waals surface area contributed by atoms with Crippen molar-refractivity contribution in [3.05, 3.63) is 41.7 Å². The largest absolute Gasteiger partial charge is 0.487 e. The molecule has 0 aliphatic rings. The molecule has 1 N–H and O–H groups in total. The van der Waals surface area contributed by atoms with Crippen LogP contribution in [-0.2, 0) is 24.9 Å². The highest BCUT2D eigenvalue weighted by Gasteiger charge is 2.08. The summed E-state index contributed by atoms with van der Waals surface area (Å²) in [6.07, 6.45) is 1.69. The minimum Gasteiger partial charge on any atom is -0.487 e. The van der Waals surface area contributed by atoms with Gasteiger partial charge in [-0.2, -0.15) is 0 Å². The molecule has 6 heteroatoms. The summed E-state index contributed by atoms with van der Waals surface area (Å²) in [5.74, 6) is -0.323. The second-order valence-electron chi connectivity index (χ2n) is 3.85. The minimum absolute atomic E-state index is 0.0589. The van der Waals surface area contributed by atoms with Crippen molar-refractivity contribution < 1.29 is 14.6 Å². The number of carboxylic acids is 1. The van der Waals surface area contributed by atoms with Crippen molar-refractivity contribution in [2.45, 2.75) is 13.0 Å². The Labute approximate surface area is 104 Å². The van der Waals surface area contributed by atoms with Gasteiger partial charge in [-0.25, -0.2) is 0 Å². The van der Waals surface area contributed by atoms with Gasteiger partial charge in [-0.1, -0.05) is 23.4 Å². The van der Waals surface area contributed by atoms with Gasteiger partial charge in [-0.15, -0.1) is 5.10 Å². The molecule has 2 aromatic rings. The van der Waals surface area contributed by atoms with E-state index in [0.29, 0.717) is 17.0 Å². The Balaban J connectivity index is 2.06. The number of rotatable bonds is 5. The van der Waals surface area contributed by atoms with Gasteiger partial charge in [-0.3, -0.25) is 9.48 Å². The second kappa shape index (κ2) is 5.31. The quantitative estimate of drug-likeness (QED) is 0.853. The Morgan fingerprint density at radius 1 is 1.44 bits per heavy atom. The molecule has 0 aliphatic carbocycles. The van der Waals surface area contributed by atoms with Gasteiger partial charge >= 0.3 is 5.97 Å². The molecule has 1 aromatic carbocycles. The van der Waals surface area contributed by atoms with Gasteiger partial charge in [0.15, 0.2) is 0 Å². The lowest BCUT2D eigenvalue weighted by atomic mass is 10.1. The molecule has 0 bridgehead atoms. The topological polar surface area (TPSA) is 77.2 Å². The van der Waals surface area contributed by atoms with Gasteiger partial charge in [0.1, 0.15) is 18.1 Å². The van der Waals surface area contributed by atoms with Crippen molar-refractivity contribution in [1.29, 1.82) is 0 Å². The lowest BCUT2D eigenvalue weighted by Gasteiger charge is -2.08. The molecular formula is C12H13N3O3. The van der Waals surface area contributed by atoms with E-state index in [1.807, 2.05) is 0 Å². The Morgan fingerprint density at radius 2 is 2.22 bits per heavy atom. The van der Waals surface area contributed by atoms with Crippen LogP contribution in [-0.4, -0.2) is 26.1 Å². The van der Waals surface area contributed by atoms with Crippen LogP contribution in [0.2, 0.25) is 0 Å². The number of aromatic nitrogens is 3. The molecule has 0 aliphatic heterocycles. The van der Waals surface area contributed by atoms with Crippen molar-refractivity contribution in [3.63, 3.8) is 0 Å². The molecule has 0 fully saturated rings. The molecule has 6 nitrogen and oxygen atoms in total. The van der Waals surface area contributed by atoms with Crippen LogP contribution < -0.4 is 4.74 Å². The van der Waals surface area contributed by atoms with Crippen LogP contribution in [0.4, 0.5) is 0 Å². The number of nitrogens with zero attached hydrogens (tertiary/aromatic N) is 3. The molecule has 1 aromatic heterocycles. The van der Waals surface area contributed by atoms with Crippen molar-refractivity contribution in [1.82, 2.24) is 15.0 Å². The number of carbonyl (C=O) groups is 1. The average Bonchev–Trinajstić information content (AvgIpc) is 2.73. The third kappa shape index (κ3) is 3.07. The van der Waals surface area contributed by atoms with Gasteiger partial charge in [0.05, 0.1) is 12.6 Å². The van der Waals surface area contributed by atoms with E-state index in [4.69, 9.17) is 9.84 Å². The summed E-state index contributed by atoms with van der Waals surface area (Å²) in [5, 5.41) is 16.5. The van der Waals surface area contributed by atoms with E-state index in [-0.39, 0.29) is 13.0 Å². The van der Waals surface area contributed by atoms with E-state index in [9.17, 15) is 4.79 Å². The normalized spacial score (nSPS) is 10.3. The first-order valence-electron chi connectivity index (χ1n) is 5.43. The van der Waals surface area contributed by atoms with Crippen LogP contribution >= 0.6 is 0 Å². The van der Waals surface area contributed by atoms with Crippen LogP contribution in [0, 0.1) is 0 Å². The number of para-hydroxylation sites is 1. The van der Waals surface area contributed by atoms with E-state index in [2.05, 4.69) is 10.3 Å². The maximum Gasteiger partial charge on any atom is 0.307 e. The monoisotopic (exact) mass is 247 g/mol. The summed E-state index contributed by atoms with van der Waals surface area (Å²) in [7, 11) is 1.77. The number of hydrogen-bond donors (Lipinski definition) is 1. The summed E-state index contributed by atoms with van der Waals surface area (Å²) in [6.45, 7) is 0.268. The van der Waals surface area contributed by atoms with Crippen LogP contribution in [0.1, 0.15) is 11.3 Å². The molecule has 1 heterocycles. The van der Waals surface area contributed by atoms with Crippen molar-refractivity contribution in [2.75, 3.05) is 0 Å². The van der Waals surface area contributed by atoms with Gasteiger partial charge in [0, 0.05) is 12.6 Å². The number of hydrogen-bond acceptors (Lipinski definition) is 4. The predicted octanol–water partition coefficient (Wildman–Crippen LogP) is 1.02. The van der Waals surface area contributed by atoms with Crippen LogP contribution in [0.25, 0.3) is 0 Å². The summed E-state index contributed by atoms with van der Waals surface area (Å²) in [6, 6.07) is 7.07. The molecule has 0 radical (unpaired) electrons. The van der Waals surface area contributed by atoms with Crippen LogP contribution in [0.15, 0.2) is 30.5 Å². The zero-order chi connectivity index (χ0) is 13.0. The number of aliphatic carboxylic acids is 1. The molecule has 0 unspecified atom stereocenters. The molecule has 0 amide bonds. The van der Waals surface area contributed by atoms with Crippen LogP contribution in [0.5, 0.6) is 5.75 Å². The maximum absolute atomic E-state index is 10.7. The molecule has 94 valence electrons. The minimum atomic E-state index is -0.884. The molecule has 0 spiro atoms. The Hall–Kier alpha value is -2.37. The van der Waals surface area contributed by atoms with E-state index < -0.39 is 5.97 Å². The number of carboxylic acid groups (broad SMARTS) is 1. The summed E-state index contributed by atoms with van der Waals surface area (Å²) >= 11 is 0. The van der Waals surface area contributed by atoms with Gasteiger partial charge in [0.25, 0.3) is 0 Å². The fraction of sp³-hybridized carbons (Fsp3) is 0.250. The SMILES string of the molecule is Cn1cc(COc2ccccc2CC(=O)O)nn1. The molecular weight excluding hydrogens is 234 g/mol. The van der Waals surface area contributed by atoms with E-state index in [1.54, 1.807) is 42.2 Å². The lowest BCUT2D eigenvalue weighted by molar-refractivity contribution is -0.136. The third-order valence-electron chi connectivity index (χ3n) is 2.34. The van der Waals surface area contributed by atoms with E-state index in [0.717, 1.165) is 0 Å². The molecule has 0 saturated heterocycles. The first-order valence-corrected chi connectivity index (χ1v) is 5.43. The zero-order valence-corrected chi connectivity index (χ0v) is 9.91. The standard InChI is InChI=1S/C12H13N3O3/c1-15-7-10(13-14-15)8-18-11-5-3-2-4-9(11)6-12(16)17/h2-5,7H,6,8H2,1H3,(H,16,17). The highest BCUT2D eigenvalue weighted by atomic mass is 16.5. The van der Waals surface area contributed by atoms with Crippen molar-refractivity contribution >= 4 is 5.97 Å². The summed E-state index contributed by atoms with van der Waals surface area (Å²) in [4.78, 5) is 10.7. The van der Waals surface area contributed by atoms with Crippen LogP contribution in [0.3, 0.4) is 0 Å². The van der Waals surface area contributed by atoms with E-state index in [1.165, 1.54) is 0 Å². The van der Waals surface area contributed by atoms with Crippen molar-refractivity contribution in [3.8, 4) is 5.75 Å². The van der Waals surface area contributed by atoms with E-state index >= 15 is 0 Å². The Morgan fingerprint density at radius 3 is 2.89 bits per heavy atom. The highest BCUT2D eigenvalue weighted by Crippen LogP contribution is 2.19. The first-order chi connectivity index (χ1) is 8.65. The Kier molecular flexibility index (Phi) is 3.57. The molecule has 18 heavy (non-hydrogen) atoms. The smallest absolute Gasteiger partial charge is 0.307 e. The number of ether oxygens (including phenoxy) is 1. The lowest BCUT2D eigenvalue weighted by Crippen LogP contribution is -2.04. The van der Waals surface area contributed by atoms with Gasteiger partial charge in [-0.05, 0) is 6.07 Å². The first kappa shape index (κ1) is 12.1. The fourth-order valence-electron chi connectivity index (χ4n) is 1.57. The average molecular weight is 247 g/mol. The highest BCUT2D eigenvalue weighted by molar-refractivity contribution is 5.71.